The molecule has 1 N–H and O–H groups in total. The Balaban J connectivity index is -0.000000169. The number of esters is 1. The summed E-state index contributed by atoms with van der Waals surface area (Å²) in [6.45, 7) is 3.51. The summed E-state index contributed by atoms with van der Waals surface area (Å²) in [7, 11) is 5.62. The maximum absolute atomic E-state index is 10.5. The molecule has 0 aromatic heterocycles. The Labute approximate surface area is 80.2 Å². The molecule has 0 amide bonds. The predicted octanol–water partition coefficient (Wildman–Crippen LogP) is 0.997. The molecule has 0 atom stereocenters. The van der Waals surface area contributed by atoms with Crippen molar-refractivity contribution in [2.45, 2.75) is 13.8 Å². The van der Waals surface area contributed by atoms with Crippen LogP contribution in [0.5, 0.6) is 0 Å². The van der Waals surface area contributed by atoms with Crippen molar-refractivity contribution in [1.82, 2.24) is 0 Å². The molecule has 0 radical (unpaired) electrons. The van der Waals surface area contributed by atoms with E-state index in [9.17, 15) is 4.79 Å². The van der Waals surface area contributed by atoms with Crippen molar-refractivity contribution < 1.29 is 19.4 Å². The molecule has 0 fully saturated rings. The van der Waals surface area contributed by atoms with E-state index >= 15 is 0 Å². The molecular formula is C9H20O4. The topological polar surface area (TPSA) is 55.8 Å². The smallest absolute Gasteiger partial charge is 0.333 e. The molecule has 0 rings (SSSR count). The summed E-state index contributed by atoms with van der Waals surface area (Å²) in [5, 5.41) is 7.00. The number of methoxy groups -OCH3 is 2. The quantitative estimate of drug-likeness (QED) is 0.497. The lowest BCUT2D eigenvalue weighted by Crippen LogP contribution is -2.00. The van der Waals surface area contributed by atoms with Crippen LogP contribution < -0.4 is 0 Å². The zero-order valence-electron chi connectivity index (χ0n) is 9.25. The number of hydrogen-bond acceptors (Lipinski definition) is 4. The summed E-state index contributed by atoms with van der Waals surface area (Å²) in [6.07, 6.45) is 1.71. The molecule has 0 bridgehead atoms. The predicted molar refractivity (Wildman–Crippen MR) is 52.5 cm³/mol. The number of hydrogen-bond donors (Lipinski definition) is 1. The minimum Gasteiger partial charge on any atom is -0.466 e. The average molecular weight is 192 g/mol. The van der Waals surface area contributed by atoms with Gasteiger partial charge in [-0.05, 0) is 13.8 Å². The van der Waals surface area contributed by atoms with Crippen molar-refractivity contribution >= 4 is 5.97 Å². The molecule has 0 saturated heterocycles. The van der Waals surface area contributed by atoms with E-state index in [1.807, 2.05) is 0 Å². The van der Waals surface area contributed by atoms with Crippen LogP contribution in [0.15, 0.2) is 11.6 Å². The summed E-state index contributed by atoms with van der Waals surface area (Å²) in [4.78, 5) is 10.5. The van der Waals surface area contributed by atoms with Crippen LogP contribution in [0.1, 0.15) is 13.8 Å². The third kappa shape index (κ3) is 18.2. The molecule has 0 spiro atoms. The highest BCUT2D eigenvalue weighted by Crippen LogP contribution is 1.92. The lowest BCUT2D eigenvalue weighted by atomic mass is 10.3. The van der Waals surface area contributed by atoms with Crippen LogP contribution in [0.4, 0.5) is 0 Å². The molecule has 80 valence electrons. The third-order valence-electron chi connectivity index (χ3n) is 0.940. The first-order valence-corrected chi connectivity index (χ1v) is 3.70. The first-order chi connectivity index (χ1) is 6.13. The maximum Gasteiger partial charge on any atom is 0.333 e. The van der Waals surface area contributed by atoms with Gasteiger partial charge in [0.05, 0.1) is 7.11 Å². The molecule has 4 heteroatoms. The number of carbonyl (C=O) groups excluding carboxylic acids is 1. The van der Waals surface area contributed by atoms with Gasteiger partial charge in [-0.2, -0.15) is 0 Å². The highest BCUT2D eigenvalue weighted by molar-refractivity contribution is 5.87. The summed E-state index contributed by atoms with van der Waals surface area (Å²) in [5.74, 6) is -0.257. The van der Waals surface area contributed by atoms with Crippen molar-refractivity contribution in [3.8, 4) is 0 Å². The lowest BCUT2D eigenvalue weighted by Gasteiger charge is -1.93. The van der Waals surface area contributed by atoms with Gasteiger partial charge in [0.25, 0.3) is 0 Å². The highest BCUT2D eigenvalue weighted by atomic mass is 16.5. The molecule has 0 aromatic rings. The van der Waals surface area contributed by atoms with E-state index in [4.69, 9.17) is 5.11 Å². The molecule has 0 heterocycles. The van der Waals surface area contributed by atoms with Crippen molar-refractivity contribution in [1.29, 1.82) is 0 Å². The molecule has 4 nitrogen and oxygen atoms in total. The van der Waals surface area contributed by atoms with Crippen LogP contribution in [0.25, 0.3) is 0 Å². The minimum absolute atomic E-state index is 0.257. The first-order valence-electron chi connectivity index (χ1n) is 3.70. The molecular weight excluding hydrogens is 172 g/mol. The standard InChI is InChI=1S/C6H10O2.C2H6O.CH4O/c1-4-5(2)6(7)8-3;1-3-2;1-2/h4H,1-3H3;1-2H3;2H,1H3/b5-4+;;. The number of carbonyl (C=O) groups is 1. The van der Waals surface area contributed by atoms with Crippen LogP contribution >= 0.6 is 0 Å². The van der Waals surface area contributed by atoms with Gasteiger partial charge in [-0.3, -0.25) is 0 Å². The molecule has 0 unspecified atom stereocenters. The number of rotatable bonds is 1. The zero-order chi connectivity index (χ0) is 11.3. The summed E-state index contributed by atoms with van der Waals surface area (Å²) < 4.78 is 8.65. The lowest BCUT2D eigenvalue weighted by molar-refractivity contribution is -0.136. The Morgan fingerprint density at radius 3 is 1.62 bits per heavy atom. The second-order valence-electron chi connectivity index (χ2n) is 1.87. The van der Waals surface area contributed by atoms with Crippen LogP contribution in [0.2, 0.25) is 0 Å². The van der Waals surface area contributed by atoms with E-state index in [1.54, 1.807) is 34.1 Å². The SMILES string of the molecule is C/C=C(\C)C(=O)OC.CO.COC. The van der Waals surface area contributed by atoms with Crippen molar-refractivity contribution in [2.75, 3.05) is 28.4 Å². The Hall–Kier alpha value is -0.870. The van der Waals surface area contributed by atoms with Gasteiger partial charge in [-0.15, -0.1) is 0 Å². The van der Waals surface area contributed by atoms with Gasteiger partial charge in [0.1, 0.15) is 0 Å². The summed E-state index contributed by atoms with van der Waals surface area (Å²) in [6, 6.07) is 0. The number of ether oxygens (including phenoxy) is 2. The average Bonchev–Trinajstić information content (AvgIpc) is 2.19. The highest BCUT2D eigenvalue weighted by Gasteiger charge is 1.98. The minimum atomic E-state index is -0.257. The van der Waals surface area contributed by atoms with E-state index < -0.39 is 0 Å². The van der Waals surface area contributed by atoms with Crippen LogP contribution in [0.3, 0.4) is 0 Å². The van der Waals surface area contributed by atoms with Gasteiger partial charge in [-0.1, -0.05) is 6.08 Å². The fourth-order valence-corrected chi connectivity index (χ4v) is 0.279. The Kier molecular flexibility index (Phi) is 24.0. The maximum atomic E-state index is 10.5. The Morgan fingerprint density at radius 1 is 1.23 bits per heavy atom. The molecule has 13 heavy (non-hydrogen) atoms. The van der Waals surface area contributed by atoms with Crippen molar-refractivity contribution in [2.24, 2.45) is 0 Å². The van der Waals surface area contributed by atoms with Gasteiger partial charge in [0, 0.05) is 26.9 Å². The largest absolute Gasteiger partial charge is 0.466 e. The fraction of sp³-hybridized carbons (Fsp3) is 0.667. The Morgan fingerprint density at radius 2 is 1.54 bits per heavy atom. The second kappa shape index (κ2) is 17.3. The van der Waals surface area contributed by atoms with Crippen LogP contribution in [-0.2, 0) is 14.3 Å². The molecule has 0 aliphatic rings. The van der Waals surface area contributed by atoms with E-state index in [0.29, 0.717) is 5.57 Å². The van der Waals surface area contributed by atoms with E-state index in [0.717, 1.165) is 7.11 Å². The third-order valence-corrected chi connectivity index (χ3v) is 0.940. The zero-order valence-corrected chi connectivity index (χ0v) is 9.25. The monoisotopic (exact) mass is 192 g/mol. The van der Waals surface area contributed by atoms with Gasteiger partial charge in [0.2, 0.25) is 0 Å². The van der Waals surface area contributed by atoms with Gasteiger partial charge >= 0.3 is 5.97 Å². The second-order valence-corrected chi connectivity index (χ2v) is 1.87. The van der Waals surface area contributed by atoms with Crippen molar-refractivity contribution in [3.63, 3.8) is 0 Å². The first kappa shape index (κ1) is 18.0. The van der Waals surface area contributed by atoms with Crippen molar-refractivity contribution in [3.05, 3.63) is 11.6 Å². The number of allylic oxidation sites excluding steroid dienone is 1. The number of aliphatic hydroxyl groups is 1. The van der Waals surface area contributed by atoms with E-state index in [-0.39, 0.29) is 5.97 Å². The normalized spacial score (nSPS) is 8.69. The van der Waals surface area contributed by atoms with Gasteiger partial charge in [-0.25, -0.2) is 4.79 Å². The fourth-order valence-electron chi connectivity index (χ4n) is 0.279. The molecule has 0 aliphatic carbocycles. The molecule has 0 aliphatic heterocycles. The number of aliphatic hydroxyl groups excluding tert-OH is 1. The summed E-state index contributed by atoms with van der Waals surface area (Å²) >= 11 is 0. The van der Waals surface area contributed by atoms with E-state index in [1.165, 1.54) is 7.11 Å². The van der Waals surface area contributed by atoms with Crippen LogP contribution in [-0.4, -0.2) is 39.5 Å². The van der Waals surface area contributed by atoms with Gasteiger partial charge in [0.15, 0.2) is 0 Å². The van der Waals surface area contributed by atoms with Crippen LogP contribution in [0, 0.1) is 0 Å². The molecule has 0 aromatic carbocycles. The Bertz CT molecular complexity index is 130. The van der Waals surface area contributed by atoms with E-state index in [2.05, 4.69) is 9.47 Å². The molecule has 0 saturated carbocycles. The summed E-state index contributed by atoms with van der Waals surface area (Å²) in [5.41, 5.74) is 0.646. The van der Waals surface area contributed by atoms with Gasteiger partial charge < -0.3 is 14.6 Å².